The van der Waals surface area contributed by atoms with E-state index in [2.05, 4.69) is 35.7 Å². The number of nitrogens with zero attached hydrogens (tertiary/aromatic N) is 3. The Hall–Kier alpha value is -3.52. The predicted octanol–water partition coefficient (Wildman–Crippen LogP) is 6.05. The first-order valence-corrected chi connectivity index (χ1v) is 17.9. The maximum atomic E-state index is 12.1. The Morgan fingerprint density at radius 1 is 1.11 bits per heavy atom. The molecule has 0 aliphatic heterocycles. The molecule has 198 valence electrons. The second-order valence-corrected chi connectivity index (χ2v) is 18.1. The van der Waals surface area contributed by atoms with E-state index in [9.17, 15) is 13.7 Å². The number of H-pyrrole nitrogens is 1. The highest BCUT2D eigenvalue weighted by Crippen LogP contribution is 2.32. The van der Waals surface area contributed by atoms with Crippen LogP contribution in [0, 0.1) is 11.3 Å². The zero-order valence-electron chi connectivity index (χ0n) is 22.1. The van der Waals surface area contributed by atoms with E-state index in [1.165, 1.54) is 12.1 Å². The number of benzene rings is 2. The van der Waals surface area contributed by atoms with Gasteiger partial charge in [0, 0.05) is 32.5 Å². The van der Waals surface area contributed by atoms with Crippen molar-refractivity contribution in [2.24, 2.45) is 0 Å². The van der Waals surface area contributed by atoms with Crippen molar-refractivity contribution in [1.29, 1.82) is 5.26 Å². The lowest BCUT2D eigenvalue weighted by Crippen LogP contribution is -2.23. The SMILES string of the molecule is CCS(=O)(=O)c1ccc(Oc2cc3nc(C(OCC[Si](C)(C)C)c4ccccn4)[nH]c3cc2CC#N)cc1. The lowest BCUT2D eigenvalue weighted by atomic mass is 10.1. The molecule has 1 N–H and O–H groups in total. The molecule has 38 heavy (non-hydrogen) atoms. The maximum Gasteiger partial charge on any atom is 0.178 e. The van der Waals surface area contributed by atoms with Crippen LogP contribution in [-0.4, -0.2) is 43.8 Å². The maximum absolute atomic E-state index is 12.1. The van der Waals surface area contributed by atoms with E-state index in [-0.39, 0.29) is 17.1 Å². The standard InChI is InChI=1S/C28H32N4O4SSi/c1-5-37(33,34)22-11-9-21(10-12-22)36-26-19-25-24(18-20(26)13-14-29)31-28(32-25)27(23-8-6-7-15-30-23)35-16-17-38(2,3)4/h6-12,15,18-19,27H,5,13,16-17H2,1-4H3,(H,31,32). The molecule has 8 nitrogen and oxygen atoms in total. The van der Waals surface area contributed by atoms with Crippen LogP contribution in [0.5, 0.6) is 11.5 Å². The Balaban J connectivity index is 1.67. The summed E-state index contributed by atoms with van der Waals surface area (Å²) < 4.78 is 36.7. The highest BCUT2D eigenvalue weighted by atomic mass is 32.2. The molecule has 0 bridgehead atoms. The number of hydrogen-bond donors (Lipinski definition) is 1. The average Bonchev–Trinajstić information content (AvgIpc) is 3.29. The predicted molar refractivity (Wildman–Crippen MR) is 150 cm³/mol. The second-order valence-electron chi connectivity index (χ2n) is 10.2. The van der Waals surface area contributed by atoms with Crippen LogP contribution >= 0.6 is 0 Å². The molecule has 1 atom stereocenters. The van der Waals surface area contributed by atoms with E-state index in [0.29, 0.717) is 35.0 Å². The van der Waals surface area contributed by atoms with E-state index >= 15 is 0 Å². The van der Waals surface area contributed by atoms with Gasteiger partial charge >= 0.3 is 0 Å². The minimum absolute atomic E-state index is 0.0268. The Bertz CT molecular complexity index is 1540. The number of aromatic amines is 1. The third kappa shape index (κ3) is 6.67. The first kappa shape index (κ1) is 27.5. The zero-order valence-corrected chi connectivity index (χ0v) is 23.9. The van der Waals surface area contributed by atoms with Gasteiger partial charge in [-0.3, -0.25) is 4.98 Å². The normalized spacial score (nSPS) is 12.8. The third-order valence-corrected chi connectivity index (χ3v) is 9.54. The third-order valence-electron chi connectivity index (χ3n) is 6.08. The lowest BCUT2D eigenvalue weighted by molar-refractivity contribution is 0.0824. The molecule has 2 aromatic heterocycles. The highest BCUT2D eigenvalue weighted by molar-refractivity contribution is 7.91. The number of nitriles is 1. The van der Waals surface area contributed by atoms with Crippen molar-refractivity contribution in [3.8, 4) is 17.6 Å². The van der Waals surface area contributed by atoms with Crippen molar-refractivity contribution < 1.29 is 17.9 Å². The van der Waals surface area contributed by atoms with Gasteiger partial charge in [-0.1, -0.05) is 32.6 Å². The molecule has 1 unspecified atom stereocenters. The van der Waals surface area contributed by atoms with Gasteiger partial charge in [0.25, 0.3) is 0 Å². The summed E-state index contributed by atoms with van der Waals surface area (Å²) >= 11 is 0. The summed E-state index contributed by atoms with van der Waals surface area (Å²) in [5, 5.41) is 9.42. The molecule has 0 radical (unpaired) electrons. The number of ether oxygens (including phenoxy) is 2. The van der Waals surface area contributed by atoms with Gasteiger partial charge in [-0.25, -0.2) is 13.4 Å². The number of fused-ring (bicyclic) bond motifs is 1. The van der Waals surface area contributed by atoms with E-state index < -0.39 is 24.0 Å². The number of hydrogen-bond acceptors (Lipinski definition) is 7. The van der Waals surface area contributed by atoms with Gasteiger partial charge < -0.3 is 14.5 Å². The van der Waals surface area contributed by atoms with Crippen LogP contribution in [0.25, 0.3) is 11.0 Å². The fraction of sp³-hybridized carbons (Fsp3) is 0.321. The summed E-state index contributed by atoms with van der Waals surface area (Å²) in [6.45, 7) is 9.13. The summed E-state index contributed by atoms with van der Waals surface area (Å²) in [6.07, 6.45) is 1.41. The summed E-state index contributed by atoms with van der Waals surface area (Å²) in [4.78, 5) is 12.9. The van der Waals surface area contributed by atoms with Crippen LogP contribution in [-0.2, 0) is 21.0 Å². The smallest absolute Gasteiger partial charge is 0.178 e. The first-order chi connectivity index (χ1) is 18.1. The van der Waals surface area contributed by atoms with Gasteiger partial charge in [0.2, 0.25) is 0 Å². The van der Waals surface area contributed by atoms with E-state index in [4.69, 9.17) is 14.5 Å². The average molecular weight is 549 g/mol. The van der Waals surface area contributed by atoms with E-state index in [1.807, 2.05) is 24.3 Å². The quantitative estimate of drug-likeness (QED) is 0.227. The lowest BCUT2D eigenvalue weighted by Gasteiger charge is -2.19. The van der Waals surface area contributed by atoms with Gasteiger partial charge in [-0.05, 0) is 48.5 Å². The summed E-state index contributed by atoms with van der Waals surface area (Å²) in [7, 11) is -4.60. The number of pyridine rings is 1. The van der Waals surface area contributed by atoms with E-state index in [1.54, 1.807) is 31.3 Å². The molecule has 0 saturated carbocycles. The van der Waals surface area contributed by atoms with Crippen molar-refractivity contribution in [3.63, 3.8) is 0 Å². The Kier molecular flexibility index (Phi) is 8.31. The largest absolute Gasteiger partial charge is 0.457 e. The minimum atomic E-state index is -3.30. The number of sulfone groups is 1. The number of nitrogens with one attached hydrogen (secondary N) is 1. The summed E-state index contributed by atoms with van der Waals surface area (Å²) in [5.74, 6) is 1.61. The molecule has 2 heterocycles. The fourth-order valence-electron chi connectivity index (χ4n) is 3.87. The van der Waals surface area contributed by atoms with Crippen molar-refractivity contribution in [3.05, 3.63) is 77.9 Å². The van der Waals surface area contributed by atoms with Gasteiger partial charge in [-0.15, -0.1) is 0 Å². The zero-order chi connectivity index (χ0) is 27.3. The monoisotopic (exact) mass is 548 g/mol. The molecule has 0 aliphatic carbocycles. The van der Waals surface area contributed by atoms with Crippen LogP contribution in [0.3, 0.4) is 0 Å². The molecule has 0 aliphatic rings. The molecule has 2 aromatic carbocycles. The van der Waals surface area contributed by atoms with E-state index in [0.717, 1.165) is 17.3 Å². The molecule has 4 aromatic rings. The van der Waals surface area contributed by atoms with Crippen molar-refractivity contribution >= 4 is 28.9 Å². The molecule has 0 saturated heterocycles. The Labute approximate surface area is 224 Å². The molecule has 0 spiro atoms. The van der Waals surface area contributed by atoms with Crippen LogP contribution in [0.1, 0.15) is 30.1 Å². The molecular weight excluding hydrogens is 516 g/mol. The molecule has 10 heteroatoms. The van der Waals surface area contributed by atoms with Crippen LogP contribution in [0.4, 0.5) is 0 Å². The Morgan fingerprint density at radius 3 is 2.50 bits per heavy atom. The van der Waals surface area contributed by atoms with Gasteiger partial charge in [0.05, 0.1) is 39.9 Å². The van der Waals surface area contributed by atoms with Crippen LogP contribution in [0.15, 0.2) is 65.7 Å². The van der Waals surface area contributed by atoms with Gasteiger partial charge in [0.15, 0.2) is 15.9 Å². The molecule has 0 amide bonds. The first-order valence-electron chi connectivity index (χ1n) is 12.5. The van der Waals surface area contributed by atoms with Crippen molar-refractivity contribution in [2.75, 3.05) is 12.4 Å². The fourth-order valence-corrected chi connectivity index (χ4v) is 5.49. The van der Waals surface area contributed by atoms with Gasteiger partial charge in [-0.2, -0.15) is 5.26 Å². The topological polar surface area (TPSA) is 118 Å². The van der Waals surface area contributed by atoms with Crippen LogP contribution in [0.2, 0.25) is 25.7 Å². The van der Waals surface area contributed by atoms with Crippen LogP contribution < -0.4 is 4.74 Å². The molecule has 4 rings (SSSR count). The molecular formula is C28H32N4O4SSi. The van der Waals surface area contributed by atoms with Crippen molar-refractivity contribution in [2.45, 2.75) is 50.0 Å². The summed E-state index contributed by atoms with van der Waals surface area (Å²) in [6, 6.07) is 18.8. The highest BCUT2D eigenvalue weighted by Gasteiger charge is 2.23. The van der Waals surface area contributed by atoms with Crippen molar-refractivity contribution in [1.82, 2.24) is 15.0 Å². The Morgan fingerprint density at radius 2 is 1.87 bits per heavy atom. The number of rotatable bonds is 11. The number of imidazole rings is 1. The minimum Gasteiger partial charge on any atom is -0.457 e. The second kappa shape index (κ2) is 11.5. The molecule has 0 fully saturated rings. The van der Waals surface area contributed by atoms with Gasteiger partial charge in [0.1, 0.15) is 17.3 Å². The number of aromatic nitrogens is 3. The summed E-state index contributed by atoms with van der Waals surface area (Å²) in [5.41, 5.74) is 2.88.